The van der Waals surface area contributed by atoms with Gasteiger partial charge in [-0.15, -0.1) is 0 Å². The van der Waals surface area contributed by atoms with Crippen molar-refractivity contribution in [2.45, 2.75) is 13.8 Å². The zero-order valence-corrected chi connectivity index (χ0v) is 19.1. The topological polar surface area (TPSA) is 57.6 Å². The van der Waals surface area contributed by atoms with Gasteiger partial charge in [0.25, 0.3) is 0 Å². The first kappa shape index (κ1) is 22.1. The summed E-state index contributed by atoms with van der Waals surface area (Å²) >= 11 is 5.98. The number of anilines is 1. The summed E-state index contributed by atoms with van der Waals surface area (Å²) < 4.78 is 2.12. The number of rotatable bonds is 5. The lowest BCUT2D eigenvalue weighted by molar-refractivity contribution is 0.0883. The highest BCUT2D eigenvalue weighted by atomic mass is 35.5. The maximum absolute atomic E-state index is 13.1. The fourth-order valence-electron chi connectivity index (χ4n) is 4.19. The van der Waals surface area contributed by atoms with Crippen LogP contribution in [-0.2, 0) is 0 Å². The number of hydrogen-bond acceptors (Lipinski definition) is 3. The molecule has 4 rings (SSSR count). The van der Waals surface area contributed by atoms with E-state index in [2.05, 4.69) is 14.8 Å². The third kappa shape index (κ3) is 4.87. The molecule has 2 heterocycles. The zero-order chi connectivity index (χ0) is 22.7. The van der Waals surface area contributed by atoms with Gasteiger partial charge in [-0.25, -0.2) is 4.79 Å². The minimum absolute atomic E-state index is 0.108. The van der Waals surface area contributed by atoms with Crippen LogP contribution in [0.4, 0.5) is 10.5 Å². The highest BCUT2D eigenvalue weighted by Crippen LogP contribution is 2.22. The lowest BCUT2D eigenvalue weighted by Crippen LogP contribution is -2.51. The summed E-state index contributed by atoms with van der Waals surface area (Å²) in [7, 11) is 0. The van der Waals surface area contributed by atoms with Crippen molar-refractivity contribution in [1.82, 2.24) is 14.4 Å². The minimum Gasteiger partial charge on any atom is -0.322 e. The number of para-hydroxylation sites is 1. The van der Waals surface area contributed by atoms with E-state index in [1.807, 2.05) is 56.3 Å². The lowest BCUT2D eigenvalue weighted by atomic mass is 10.1. The van der Waals surface area contributed by atoms with E-state index >= 15 is 0 Å². The molecule has 1 aromatic heterocycles. The van der Waals surface area contributed by atoms with E-state index in [0.717, 1.165) is 22.6 Å². The minimum atomic E-state index is -0.148. The van der Waals surface area contributed by atoms with Crippen LogP contribution in [0, 0.1) is 13.8 Å². The summed E-state index contributed by atoms with van der Waals surface area (Å²) in [5, 5.41) is 3.46. The summed E-state index contributed by atoms with van der Waals surface area (Å²) in [5.41, 5.74) is 4.49. The van der Waals surface area contributed by atoms with Crippen molar-refractivity contribution in [2.75, 3.05) is 38.0 Å². The molecular formula is C25H27ClN4O2. The molecule has 0 aliphatic carbocycles. The van der Waals surface area contributed by atoms with Crippen LogP contribution in [0.1, 0.15) is 21.7 Å². The molecule has 2 amide bonds. The van der Waals surface area contributed by atoms with Crippen molar-refractivity contribution >= 4 is 29.1 Å². The molecular weight excluding hydrogens is 424 g/mol. The van der Waals surface area contributed by atoms with Gasteiger partial charge in [0.15, 0.2) is 5.78 Å². The smallest absolute Gasteiger partial charge is 0.321 e. The van der Waals surface area contributed by atoms with Gasteiger partial charge in [0.1, 0.15) is 0 Å². The SMILES string of the molecule is Cc1cc(C(=O)CN2CCN(C(=O)Nc3cccc(Cl)c3)CC2)c(C)n1-c1ccccc1. The third-order valence-corrected chi connectivity index (χ3v) is 6.08. The molecule has 0 bridgehead atoms. The van der Waals surface area contributed by atoms with Crippen molar-refractivity contribution in [3.63, 3.8) is 0 Å². The molecule has 0 atom stereocenters. The molecule has 1 aliphatic heterocycles. The second-order valence-corrected chi connectivity index (χ2v) is 8.52. The molecule has 1 fully saturated rings. The predicted octanol–water partition coefficient (Wildman–Crippen LogP) is 4.78. The van der Waals surface area contributed by atoms with Gasteiger partial charge in [-0.05, 0) is 50.2 Å². The zero-order valence-electron chi connectivity index (χ0n) is 18.3. The maximum atomic E-state index is 13.1. The number of aryl methyl sites for hydroxylation is 1. The molecule has 0 spiro atoms. The number of nitrogens with one attached hydrogen (secondary N) is 1. The van der Waals surface area contributed by atoms with Crippen LogP contribution in [0.5, 0.6) is 0 Å². The Bertz CT molecular complexity index is 1120. The monoisotopic (exact) mass is 450 g/mol. The number of urea groups is 1. The number of piperazine rings is 1. The maximum Gasteiger partial charge on any atom is 0.321 e. The number of ketones is 1. The molecule has 6 nitrogen and oxygen atoms in total. The van der Waals surface area contributed by atoms with Crippen LogP contribution >= 0.6 is 11.6 Å². The Morgan fingerprint density at radius 3 is 2.34 bits per heavy atom. The van der Waals surface area contributed by atoms with E-state index in [1.54, 1.807) is 23.1 Å². The third-order valence-electron chi connectivity index (χ3n) is 5.85. The van der Waals surface area contributed by atoms with E-state index < -0.39 is 0 Å². The molecule has 0 unspecified atom stereocenters. The highest BCUT2D eigenvalue weighted by Gasteiger charge is 2.24. The summed E-state index contributed by atoms with van der Waals surface area (Å²) in [6.45, 7) is 6.83. The molecule has 3 aromatic rings. The first-order chi connectivity index (χ1) is 15.4. The van der Waals surface area contributed by atoms with Gasteiger partial charge in [0.2, 0.25) is 0 Å². The average molecular weight is 451 g/mol. The van der Waals surface area contributed by atoms with Gasteiger partial charge in [-0.1, -0.05) is 35.9 Å². The number of nitrogens with zero attached hydrogens (tertiary/aromatic N) is 3. The molecule has 2 aromatic carbocycles. The van der Waals surface area contributed by atoms with Gasteiger partial charge in [0, 0.05) is 59.5 Å². The fraction of sp³-hybridized carbons (Fsp3) is 0.280. The lowest BCUT2D eigenvalue weighted by Gasteiger charge is -2.34. The molecule has 0 saturated carbocycles. The summed E-state index contributed by atoms with van der Waals surface area (Å²) in [6.07, 6.45) is 0. The number of benzene rings is 2. The Labute approximate surface area is 193 Å². The predicted molar refractivity (Wildman–Crippen MR) is 128 cm³/mol. The Kier molecular flexibility index (Phi) is 6.63. The summed E-state index contributed by atoms with van der Waals surface area (Å²) in [4.78, 5) is 29.5. The molecule has 7 heteroatoms. The van der Waals surface area contributed by atoms with Crippen LogP contribution in [0.2, 0.25) is 5.02 Å². The van der Waals surface area contributed by atoms with Gasteiger partial charge in [-0.2, -0.15) is 0 Å². The number of carbonyl (C=O) groups is 2. The fourth-order valence-corrected chi connectivity index (χ4v) is 4.38. The van der Waals surface area contributed by atoms with Gasteiger partial charge in [0.05, 0.1) is 6.54 Å². The van der Waals surface area contributed by atoms with Crippen molar-refractivity contribution in [3.05, 3.63) is 82.6 Å². The molecule has 1 aliphatic rings. The standard InChI is InChI=1S/C25H27ClN4O2/c1-18-15-23(19(2)30(18)22-9-4-3-5-10-22)24(31)17-28-11-13-29(14-12-28)25(32)27-21-8-6-7-20(26)16-21/h3-10,15-16H,11-14,17H2,1-2H3,(H,27,32). The van der Waals surface area contributed by atoms with Gasteiger partial charge < -0.3 is 14.8 Å². The number of carbonyl (C=O) groups excluding carboxylic acids is 2. The van der Waals surface area contributed by atoms with Crippen molar-refractivity contribution in [2.24, 2.45) is 0 Å². The van der Waals surface area contributed by atoms with Crippen LogP contribution in [0.3, 0.4) is 0 Å². The van der Waals surface area contributed by atoms with Crippen LogP contribution < -0.4 is 5.32 Å². The second kappa shape index (κ2) is 9.59. The van der Waals surface area contributed by atoms with E-state index in [1.165, 1.54) is 0 Å². The van der Waals surface area contributed by atoms with Crippen molar-refractivity contribution < 1.29 is 9.59 Å². The summed E-state index contributed by atoms with van der Waals surface area (Å²) in [6, 6.07) is 19.0. The highest BCUT2D eigenvalue weighted by molar-refractivity contribution is 6.30. The first-order valence-electron chi connectivity index (χ1n) is 10.7. The first-order valence-corrected chi connectivity index (χ1v) is 11.1. The molecule has 1 N–H and O–H groups in total. The Morgan fingerprint density at radius 1 is 0.938 bits per heavy atom. The Balaban J connectivity index is 1.34. The van der Waals surface area contributed by atoms with Crippen LogP contribution in [-0.4, -0.2) is 58.9 Å². The molecule has 0 radical (unpaired) electrons. The normalized spacial score (nSPS) is 14.4. The van der Waals surface area contributed by atoms with Gasteiger partial charge in [-0.3, -0.25) is 9.69 Å². The number of aromatic nitrogens is 1. The van der Waals surface area contributed by atoms with E-state index in [0.29, 0.717) is 43.4 Å². The van der Waals surface area contributed by atoms with E-state index in [4.69, 9.17) is 11.6 Å². The Morgan fingerprint density at radius 2 is 1.66 bits per heavy atom. The van der Waals surface area contributed by atoms with Gasteiger partial charge >= 0.3 is 6.03 Å². The second-order valence-electron chi connectivity index (χ2n) is 8.08. The molecule has 1 saturated heterocycles. The number of Topliss-reactive ketones (excluding diaryl/α,β-unsaturated/α-hetero) is 1. The Hall–Kier alpha value is -3.09. The average Bonchev–Trinajstić information content (AvgIpc) is 3.09. The van der Waals surface area contributed by atoms with Crippen LogP contribution in [0.15, 0.2) is 60.7 Å². The van der Waals surface area contributed by atoms with E-state index in [-0.39, 0.29) is 11.8 Å². The van der Waals surface area contributed by atoms with Crippen molar-refractivity contribution in [3.8, 4) is 5.69 Å². The van der Waals surface area contributed by atoms with Crippen LogP contribution in [0.25, 0.3) is 5.69 Å². The molecule has 166 valence electrons. The molecule has 32 heavy (non-hydrogen) atoms. The summed E-state index contributed by atoms with van der Waals surface area (Å²) in [5.74, 6) is 0.108. The number of amides is 2. The van der Waals surface area contributed by atoms with E-state index in [9.17, 15) is 9.59 Å². The number of halogens is 1. The quantitative estimate of drug-likeness (QED) is 0.569. The largest absolute Gasteiger partial charge is 0.322 e. The number of hydrogen-bond donors (Lipinski definition) is 1. The van der Waals surface area contributed by atoms with Crippen molar-refractivity contribution in [1.29, 1.82) is 0 Å².